The zero-order chi connectivity index (χ0) is 104. The predicted molar refractivity (Wildman–Crippen MR) is 564 cm³/mol. The van der Waals surface area contributed by atoms with Crippen LogP contribution in [-0.2, 0) is 55.9 Å². The summed E-state index contributed by atoms with van der Waals surface area (Å²) in [6.07, 6.45) is 4.79. The molecule has 10 heterocycles. The van der Waals surface area contributed by atoms with E-state index in [0.717, 1.165) is 122 Å². The van der Waals surface area contributed by atoms with Gasteiger partial charge in [0.05, 0.1) is 13.0 Å². The number of carbonyl (C=O) groups excluding carboxylic acids is 8. The molecule has 10 aliphatic heterocycles. The standard InChI is InChI=1S/C15H21NO2.C15H23N.C14H19NO.C12H23NO2.C11H21NO2.C11H21NO.C10H19NO2.C10H19NO.C9H17NO.C8H17N/c1-15(2,3)13-9-16(10-13)14(17)18-11-12-7-5-4-6-8-12;1-15(2,3)14-11-16(12-14)10-9-13-7-5-4-6-8-13;1-14(2,3)12-9-15(10-12)13(16)11-7-5-4-6-8-11;1-11(2,3)9-7-13(8-9)10(14)15-12(4,5)6;1-11(2,3)9-7-12(8-9)10(13)5-6-14-4;1-8(2)10(13)12-6-9(7-12)11(3,4)5;1-10(2,3)8-5-11(6-8)9(12)7-13-4;1-5-9(12)11-6-8(7-11)10(2,3)4;1-7(11)10-5-8(6-10)9(2,3)4;1-8(2,3)9-6-4-5-7-9/h4-8,13H,9-11H2,1-3H3;4-8,14H,9-12H2,1-3H3;4-8,12H,9-10H2,1-3H3;9H,7-8H2,1-6H3;9H,5-8H2,1-4H3;8-9H,6-7H2,1-5H3;8H,5-7H2,1-4H3;8H,5-7H2,1-4H3;8H,5-6H2,1-4H3;4-7H2,1-3H3. The van der Waals surface area contributed by atoms with Crippen LogP contribution >= 0.6 is 0 Å². The lowest BCUT2D eigenvalue weighted by Gasteiger charge is -2.46. The second-order valence-electron chi connectivity index (χ2n) is 52.6. The Balaban J connectivity index is 0.000000319. The summed E-state index contributed by atoms with van der Waals surface area (Å²) in [5, 5.41) is 0. The van der Waals surface area contributed by atoms with E-state index in [2.05, 4.69) is 248 Å². The van der Waals surface area contributed by atoms with Gasteiger partial charge in [-0.1, -0.05) is 287 Å². The Kier molecular flexibility index (Phi) is 47.0. The number of hydrogen-bond acceptors (Lipinski definition) is 14. The molecule has 0 saturated carbocycles. The molecule has 22 nitrogen and oxygen atoms in total. The molecule has 0 bridgehead atoms. The molecular weight excluding hydrogens is 1710 g/mol. The molecule has 0 N–H and O–H groups in total. The summed E-state index contributed by atoms with van der Waals surface area (Å²) < 4.78 is 20.2. The second kappa shape index (κ2) is 52.7. The molecule has 8 amide bonds. The molecule has 137 heavy (non-hydrogen) atoms. The van der Waals surface area contributed by atoms with Crippen molar-refractivity contribution in [1.82, 2.24) is 49.0 Å². The maximum absolute atomic E-state index is 12.0. The fourth-order valence-electron chi connectivity index (χ4n) is 16.4. The van der Waals surface area contributed by atoms with Crippen molar-refractivity contribution in [2.45, 2.75) is 306 Å². The number of rotatable bonds is 13. The smallest absolute Gasteiger partial charge is 0.410 e. The van der Waals surface area contributed by atoms with E-state index in [-0.39, 0.29) is 59.4 Å². The number of ether oxygens (including phenoxy) is 4. The summed E-state index contributed by atoms with van der Waals surface area (Å²) in [6.45, 7) is 103. The van der Waals surface area contributed by atoms with Crippen LogP contribution in [0.4, 0.5) is 9.59 Å². The molecule has 3 aromatic carbocycles. The Bertz CT molecular complexity index is 4060. The van der Waals surface area contributed by atoms with Crippen molar-refractivity contribution in [2.24, 2.45) is 108 Å². The molecule has 782 valence electrons. The zero-order valence-electron chi connectivity index (χ0n) is 94.3. The van der Waals surface area contributed by atoms with Crippen LogP contribution in [0.25, 0.3) is 0 Å². The van der Waals surface area contributed by atoms with Gasteiger partial charge < -0.3 is 63.0 Å². The number of methoxy groups -OCH3 is 2. The van der Waals surface area contributed by atoms with Crippen molar-refractivity contribution in [3.63, 3.8) is 0 Å². The third-order valence-corrected chi connectivity index (χ3v) is 29.5. The van der Waals surface area contributed by atoms with Crippen LogP contribution in [0.5, 0.6) is 0 Å². The predicted octanol–water partition coefficient (Wildman–Crippen LogP) is 22.3. The van der Waals surface area contributed by atoms with E-state index in [1.807, 2.05) is 132 Å². The Morgan fingerprint density at radius 1 is 0.350 bits per heavy atom. The van der Waals surface area contributed by atoms with Crippen LogP contribution in [0.1, 0.15) is 303 Å². The first-order chi connectivity index (χ1) is 62.8. The normalized spacial score (nSPS) is 18.5. The van der Waals surface area contributed by atoms with E-state index in [9.17, 15) is 38.4 Å². The summed E-state index contributed by atoms with van der Waals surface area (Å²) in [4.78, 5) is 112. The fourth-order valence-corrected chi connectivity index (χ4v) is 16.4. The van der Waals surface area contributed by atoms with Gasteiger partial charge in [0.2, 0.25) is 29.5 Å². The number of hydrogen-bond donors (Lipinski definition) is 0. The molecule has 0 radical (unpaired) electrons. The molecule has 0 aliphatic carbocycles. The lowest BCUT2D eigenvalue weighted by Crippen LogP contribution is -2.55. The minimum atomic E-state index is -0.385. The second-order valence-corrected chi connectivity index (χ2v) is 52.6. The highest BCUT2D eigenvalue weighted by molar-refractivity contribution is 5.94. The summed E-state index contributed by atoms with van der Waals surface area (Å²) in [7, 11) is 3.18. The molecule has 0 atom stereocenters. The van der Waals surface area contributed by atoms with E-state index in [1.165, 1.54) is 57.5 Å². The first kappa shape index (κ1) is 122. The van der Waals surface area contributed by atoms with Crippen molar-refractivity contribution in [2.75, 3.05) is 165 Å². The maximum atomic E-state index is 12.0. The van der Waals surface area contributed by atoms with Gasteiger partial charge in [0.1, 0.15) is 18.8 Å². The molecular formula is C115H200N10O12. The van der Waals surface area contributed by atoms with E-state index in [4.69, 9.17) is 18.9 Å². The quantitative estimate of drug-likeness (QED) is 0.156. The first-order valence-corrected chi connectivity index (χ1v) is 51.9. The highest BCUT2D eigenvalue weighted by atomic mass is 16.6. The summed E-state index contributed by atoms with van der Waals surface area (Å²) >= 11 is 0. The van der Waals surface area contributed by atoms with Crippen LogP contribution in [0.2, 0.25) is 0 Å². The third kappa shape index (κ3) is 42.9. The lowest BCUT2D eigenvalue weighted by atomic mass is 9.76. The topological polar surface area (TPSA) is 206 Å². The van der Waals surface area contributed by atoms with Crippen molar-refractivity contribution in [3.8, 4) is 0 Å². The Labute approximate surface area is 835 Å². The molecule has 10 fully saturated rings. The highest BCUT2D eigenvalue weighted by Gasteiger charge is 2.46. The van der Waals surface area contributed by atoms with Crippen LogP contribution in [-0.4, -0.2) is 273 Å². The average Bonchev–Trinajstić information content (AvgIpc) is 1.54. The molecule has 3 aromatic rings. The number of amides is 8. The molecule has 0 aromatic heterocycles. The summed E-state index contributed by atoms with van der Waals surface area (Å²) in [6, 6.07) is 30.1. The van der Waals surface area contributed by atoms with Crippen LogP contribution < -0.4 is 0 Å². The Hall–Kier alpha value is -7.14. The van der Waals surface area contributed by atoms with Crippen LogP contribution in [0.3, 0.4) is 0 Å². The van der Waals surface area contributed by atoms with Crippen molar-refractivity contribution in [3.05, 3.63) is 108 Å². The van der Waals surface area contributed by atoms with E-state index in [0.29, 0.717) is 134 Å². The number of nitrogens with zero attached hydrogens (tertiary/aromatic N) is 10. The van der Waals surface area contributed by atoms with E-state index < -0.39 is 0 Å². The fraction of sp³-hybridized carbons (Fsp3) is 0.774. The first-order valence-electron chi connectivity index (χ1n) is 51.9. The minimum absolute atomic E-state index is 0.114. The lowest BCUT2D eigenvalue weighted by molar-refractivity contribution is -0.144. The molecule has 10 saturated heterocycles. The molecule has 13 rings (SSSR count). The van der Waals surface area contributed by atoms with Gasteiger partial charge in [-0.05, 0) is 199 Å². The van der Waals surface area contributed by atoms with E-state index >= 15 is 0 Å². The van der Waals surface area contributed by atoms with Crippen molar-refractivity contribution >= 4 is 47.6 Å². The summed E-state index contributed by atoms with van der Waals surface area (Å²) in [5.41, 5.74) is 6.42. The third-order valence-electron chi connectivity index (χ3n) is 29.5. The highest BCUT2D eigenvalue weighted by Crippen LogP contribution is 2.42. The molecule has 22 heteroatoms. The van der Waals surface area contributed by atoms with Crippen LogP contribution in [0, 0.1) is 108 Å². The number of carbonyl (C=O) groups is 8. The van der Waals surface area contributed by atoms with Crippen molar-refractivity contribution < 1.29 is 57.3 Å². The Morgan fingerprint density at radius 2 is 0.657 bits per heavy atom. The monoisotopic (exact) mass is 1910 g/mol. The van der Waals surface area contributed by atoms with Gasteiger partial charge >= 0.3 is 12.2 Å². The van der Waals surface area contributed by atoms with Crippen molar-refractivity contribution in [1.29, 1.82) is 0 Å². The minimum Gasteiger partial charge on any atom is -0.445 e. The van der Waals surface area contributed by atoms with Gasteiger partial charge in [0.15, 0.2) is 0 Å². The zero-order valence-corrected chi connectivity index (χ0v) is 94.3. The average molecular weight is 1910 g/mol. The van der Waals surface area contributed by atoms with Crippen LogP contribution in [0.15, 0.2) is 91.0 Å². The largest absolute Gasteiger partial charge is 0.445 e. The van der Waals surface area contributed by atoms with Gasteiger partial charge in [-0.2, -0.15) is 0 Å². The van der Waals surface area contributed by atoms with Gasteiger partial charge in [-0.3, -0.25) is 33.7 Å². The SMILES string of the molecule is CC(=O)N1CC(C(C)(C)C)C1.CC(C)(C)C1CN(C(=O)OCc2ccccc2)C1.CC(C)(C)C1CN(C(=O)c2ccccc2)C1.CC(C)(C)C1CN(CCc2ccccc2)C1.CC(C)(C)N1CCCC1.CC(C)(C)OC(=O)N1CC(C(C)(C)C)C1.CC(C)C(=O)N1CC(C(C)(C)C)C1.CCC(=O)N1CC(C(C)(C)C)C1.COCC(=O)N1CC(C(C)(C)C)C1.COCCC(=O)N1CC(C(C)(C)C)C1. The molecule has 0 unspecified atom stereocenters. The van der Waals surface area contributed by atoms with Gasteiger partial charge in [-0.15, -0.1) is 0 Å². The number of benzene rings is 3. The number of likely N-dealkylation sites (tertiary alicyclic amines) is 10. The molecule has 0 spiro atoms. The van der Waals surface area contributed by atoms with E-state index in [1.54, 1.807) is 30.9 Å². The van der Waals surface area contributed by atoms with Gasteiger partial charge in [0, 0.05) is 169 Å². The van der Waals surface area contributed by atoms with Gasteiger partial charge in [-0.25, -0.2) is 9.59 Å². The van der Waals surface area contributed by atoms with Gasteiger partial charge in [0.25, 0.3) is 5.91 Å². The maximum Gasteiger partial charge on any atom is 0.410 e. The Morgan fingerprint density at radius 3 is 0.971 bits per heavy atom. The molecule has 10 aliphatic rings. The summed E-state index contributed by atoms with van der Waals surface area (Å²) in [5.74, 6) is 7.60.